The second-order valence-corrected chi connectivity index (χ2v) is 9.45. The number of nitrogens with zero attached hydrogens (tertiary/aromatic N) is 1. The van der Waals surface area contributed by atoms with Crippen LogP contribution in [0, 0.1) is 6.92 Å². The molecule has 2 atom stereocenters. The van der Waals surface area contributed by atoms with E-state index < -0.39 is 22.0 Å². The number of hydrogen-bond donors (Lipinski definition) is 0. The van der Waals surface area contributed by atoms with Crippen LogP contribution in [0.3, 0.4) is 0 Å². The van der Waals surface area contributed by atoms with E-state index in [1.807, 2.05) is 13.0 Å². The molecule has 4 nitrogen and oxygen atoms in total. The molecule has 0 unspecified atom stereocenters. The molecule has 4 rings (SSSR count). The Kier molecular flexibility index (Phi) is 5.26. The number of Topliss-reactive ketones (excluding diaryl/α,β-unsaturated/α-hetero) is 1. The molecule has 3 aromatic rings. The number of hydrogen-bond acceptors (Lipinski definition) is 3. The van der Waals surface area contributed by atoms with Crippen LogP contribution in [0.5, 0.6) is 0 Å². The van der Waals surface area contributed by atoms with Crippen LogP contribution in [0.15, 0.2) is 90.3 Å². The highest BCUT2D eigenvalue weighted by Gasteiger charge is 2.48. The van der Waals surface area contributed by atoms with Gasteiger partial charge in [0.15, 0.2) is 5.78 Å². The highest BCUT2D eigenvalue weighted by atomic mass is 35.5. The molecule has 0 radical (unpaired) electrons. The predicted octanol–water partition coefficient (Wildman–Crippen LogP) is 5.38. The summed E-state index contributed by atoms with van der Waals surface area (Å²) in [6.07, 6.45) is 1.62. The van der Waals surface area contributed by atoms with Gasteiger partial charge in [0.05, 0.1) is 15.6 Å². The topological polar surface area (TPSA) is 54.5 Å². The van der Waals surface area contributed by atoms with E-state index in [2.05, 4.69) is 6.58 Å². The van der Waals surface area contributed by atoms with E-state index in [0.717, 1.165) is 5.56 Å². The first kappa shape index (κ1) is 20.4. The number of carbonyl (C=O) groups is 1. The van der Waals surface area contributed by atoms with Gasteiger partial charge < -0.3 is 0 Å². The molecule has 0 fully saturated rings. The molecule has 1 heterocycles. The maximum Gasteiger partial charge on any atom is 0.265 e. The van der Waals surface area contributed by atoms with Crippen molar-refractivity contribution in [2.24, 2.45) is 0 Å². The molecule has 0 spiro atoms. The van der Waals surface area contributed by atoms with Crippen molar-refractivity contribution >= 4 is 33.1 Å². The van der Waals surface area contributed by atoms with Crippen LogP contribution in [0.4, 0.5) is 5.69 Å². The Bertz CT molecular complexity index is 1220. The average molecular weight is 438 g/mol. The lowest BCUT2D eigenvalue weighted by molar-refractivity contribution is 0.0961. The Morgan fingerprint density at radius 1 is 1.00 bits per heavy atom. The number of aryl methyl sites for hydroxylation is 1. The zero-order valence-corrected chi connectivity index (χ0v) is 17.9. The first-order valence-corrected chi connectivity index (χ1v) is 11.3. The number of anilines is 1. The maximum absolute atomic E-state index is 13.7. The van der Waals surface area contributed by atoms with Gasteiger partial charge in [0.25, 0.3) is 10.0 Å². The third kappa shape index (κ3) is 3.24. The van der Waals surface area contributed by atoms with E-state index in [1.165, 1.54) is 4.31 Å². The van der Waals surface area contributed by atoms with E-state index in [0.29, 0.717) is 16.8 Å². The second kappa shape index (κ2) is 7.74. The smallest absolute Gasteiger partial charge is 0.265 e. The molecule has 0 aromatic heterocycles. The van der Waals surface area contributed by atoms with Crippen molar-refractivity contribution in [2.75, 3.05) is 4.31 Å². The highest BCUT2D eigenvalue weighted by Crippen LogP contribution is 2.49. The Labute approximate surface area is 181 Å². The Hall–Kier alpha value is -2.89. The summed E-state index contributed by atoms with van der Waals surface area (Å²) in [5.41, 5.74) is 2.37. The molecule has 152 valence electrons. The highest BCUT2D eigenvalue weighted by molar-refractivity contribution is 7.93. The third-order valence-electron chi connectivity index (χ3n) is 5.35. The van der Waals surface area contributed by atoms with Crippen LogP contribution in [0.2, 0.25) is 5.02 Å². The number of carbonyl (C=O) groups excluding carboxylic acids is 1. The lowest BCUT2D eigenvalue weighted by Crippen LogP contribution is -2.44. The zero-order chi connectivity index (χ0) is 21.5. The number of ketones is 1. The van der Waals surface area contributed by atoms with Crippen molar-refractivity contribution in [1.29, 1.82) is 0 Å². The van der Waals surface area contributed by atoms with Crippen LogP contribution < -0.4 is 4.31 Å². The molecular formula is C24H20ClNO3S. The zero-order valence-electron chi connectivity index (χ0n) is 16.3. The number of sulfonamides is 1. The van der Waals surface area contributed by atoms with E-state index in [1.54, 1.807) is 72.8 Å². The van der Waals surface area contributed by atoms with Gasteiger partial charge in [0, 0.05) is 11.5 Å². The molecular weight excluding hydrogens is 418 g/mol. The molecule has 30 heavy (non-hydrogen) atoms. The third-order valence-corrected chi connectivity index (χ3v) is 7.45. The van der Waals surface area contributed by atoms with Crippen LogP contribution in [-0.2, 0) is 10.0 Å². The molecule has 1 aliphatic rings. The second-order valence-electron chi connectivity index (χ2n) is 7.23. The fourth-order valence-electron chi connectivity index (χ4n) is 3.88. The standard InChI is InChI=1S/C24H20ClNO3S/c1-3-19-20-10-7-11-21(25)22(20)26(23(19)24(27)17-8-5-4-6-9-17)30(28,29)18-14-12-16(2)13-15-18/h3-15,19,23H,1H2,2H3/t19-,23-/m1/s1. The molecule has 0 aliphatic carbocycles. The first-order chi connectivity index (χ1) is 14.4. The fourth-order valence-corrected chi connectivity index (χ4v) is 5.88. The van der Waals surface area contributed by atoms with Crippen molar-refractivity contribution in [3.8, 4) is 0 Å². The van der Waals surface area contributed by atoms with Gasteiger partial charge in [0.2, 0.25) is 0 Å². The number of halogens is 1. The maximum atomic E-state index is 13.7. The lowest BCUT2D eigenvalue weighted by atomic mass is 9.90. The summed E-state index contributed by atoms with van der Waals surface area (Å²) >= 11 is 6.47. The molecule has 1 aliphatic heterocycles. The largest absolute Gasteiger partial charge is 0.292 e. The minimum Gasteiger partial charge on any atom is -0.292 e. The summed E-state index contributed by atoms with van der Waals surface area (Å²) in [5.74, 6) is -0.824. The number of fused-ring (bicyclic) bond motifs is 1. The molecule has 0 saturated heterocycles. The van der Waals surface area contributed by atoms with Crippen molar-refractivity contribution in [3.05, 3.63) is 107 Å². The van der Waals surface area contributed by atoms with Gasteiger partial charge in [-0.1, -0.05) is 77.8 Å². The number of rotatable bonds is 5. The van der Waals surface area contributed by atoms with Gasteiger partial charge in [-0.3, -0.25) is 9.10 Å². The van der Waals surface area contributed by atoms with Gasteiger partial charge in [-0.25, -0.2) is 8.42 Å². The SMILES string of the molecule is C=C[C@@H]1c2cccc(Cl)c2N(S(=O)(=O)c2ccc(C)cc2)[C@H]1C(=O)c1ccccc1. The van der Waals surface area contributed by atoms with Crippen LogP contribution in [0.25, 0.3) is 0 Å². The number of para-hydroxylation sites is 1. The van der Waals surface area contributed by atoms with Gasteiger partial charge >= 0.3 is 0 Å². The van der Waals surface area contributed by atoms with Crippen molar-refractivity contribution in [1.82, 2.24) is 0 Å². The van der Waals surface area contributed by atoms with Crippen LogP contribution in [0.1, 0.15) is 27.4 Å². The van der Waals surface area contributed by atoms with Crippen molar-refractivity contribution in [2.45, 2.75) is 23.8 Å². The summed E-state index contributed by atoms with van der Waals surface area (Å²) in [6.45, 7) is 5.76. The summed E-state index contributed by atoms with van der Waals surface area (Å²) in [5, 5.41) is 0.276. The summed E-state index contributed by atoms with van der Waals surface area (Å²) in [6, 6.07) is 19.4. The molecule has 0 amide bonds. The van der Waals surface area contributed by atoms with Gasteiger partial charge in [-0.15, -0.1) is 6.58 Å². The fraction of sp³-hybridized carbons (Fsp3) is 0.125. The number of benzene rings is 3. The minimum atomic E-state index is -4.06. The molecule has 0 saturated carbocycles. The first-order valence-electron chi connectivity index (χ1n) is 9.47. The quantitative estimate of drug-likeness (QED) is 0.398. The summed E-state index contributed by atoms with van der Waals surface area (Å²) < 4.78 is 28.7. The van der Waals surface area contributed by atoms with Crippen molar-refractivity contribution < 1.29 is 13.2 Å². The summed E-state index contributed by atoms with van der Waals surface area (Å²) in [7, 11) is -4.06. The van der Waals surface area contributed by atoms with Gasteiger partial charge in [0.1, 0.15) is 6.04 Å². The molecule has 0 N–H and O–H groups in total. The van der Waals surface area contributed by atoms with E-state index in [-0.39, 0.29) is 15.7 Å². The van der Waals surface area contributed by atoms with Crippen LogP contribution in [-0.4, -0.2) is 20.2 Å². The van der Waals surface area contributed by atoms with Gasteiger partial charge in [-0.2, -0.15) is 0 Å². The Morgan fingerprint density at radius 2 is 1.67 bits per heavy atom. The molecule has 6 heteroatoms. The Morgan fingerprint density at radius 3 is 2.30 bits per heavy atom. The normalized spacial score (nSPS) is 18.1. The average Bonchev–Trinajstić information content (AvgIpc) is 3.10. The van der Waals surface area contributed by atoms with E-state index in [9.17, 15) is 13.2 Å². The molecule has 3 aromatic carbocycles. The van der Waals surface area contributed by atoms with Crippen LogP contribution >= 0.6 is 11.6 Å². The minimum absolute atomic E-state index is 0.106. The Balaban J connectivity index is 1.95. The lowest BCUT2D eigenvalue weighted by Gasteiger charge is -2.28. The summed E-state index contributed by atoms with van der Waals surface area (Å²) in [4.78, 5) is 13.6. The predicted molar refractivity (Wildman–Crippen MR) is 120 cm³/mol. The van der Waals surface area contributed by atoms with Crippen molar-refractivity contribution in [3.63, 3.8) is 0 Å². The van der Waals surface area contributed by atoms with E-state index in [4.69, 9.17) is 11.6 Å². The molecule has 0 bridgehead atoms. The monoisotopic (exact) mass is 437 g/mol. The van der Waals surface area contributed by atoms with E-state index >= 15 is 0 Å². The van der Waals surface area contributed by atoms with Gasteiger partial charge in [-0.05, 0) is 30.7 Å².